The summed E-state index contributed by atoms with van der Waals surface area (Å²) in [5, 5.41) is 9.11. The van der Waals surface area contributed by atoms with E-state index in [2.05, 4.69) is 59.4 Å². The van der Waals surface area contributed by atoms with Crippen molar-refractivity contribution in [3.63, 3.8) is 0 Å². The Morgan fingerprint density at radius 1 is 0.902 bits per heavy atom. The predicted molar refractivity (Wildman–Crippen MR) is 221 cm³/mol. The highest BCUT2D eigenvalue weighted by molar-refractivity contribution is 5.68. The molecule has 2 fully saturated rings. The zero-order chi connectivity index (χ0) is 37.4. The standard InChI is InChI=1S/C47H85NO3/c1-8-11-13-24-31-43-44(46(43,32-10-3)33-25-12-9-2)38-42-30-23-19-15-14-16-20-26-34-47(40(4)5,35-27-21-17-18-22-29-41(42)6)51-37-28-36-48(7)39-45(49)50/h10,31,38,40-41,44H,3,8-9,11-30,32-37,39H2,1-2,4-7H3,(H,49,50). The van der Waals surface area contributed by atoms with Gasteiger partial charge in [-0.3, -0.25) is 9.69 Å². The van der Waals surface area contributed by atoms with Gasteiger partial charge in [0.15, 0.2) is 0 Å². The molecule has 0 amide bonds. The fourth-order valence-electron chi connectivity index (χ4n) is 9.17. The van der Waals surface area contributed by atoms with E-state index in [-0.39, 0.29) is 12.1 Å². The third kappa shape index (κ3) is 17.1. The molecule has 0 bridgehead atoms. The first-order valence-corrected chi connectivity index (χ1v) is 22.2. The number of carboxylic acids is 1. The van der Waals surface area contributed by atoms with Crippen LogP contribution in [0.25, 0.3) is 0 Å². The van der Waals surface area contributed by atoms with Gasteiger partial charge < -0.3 is 9.84 Å². The lowest BCUT2D eigenvalue weighted by Crippen LogP contribution is -2.39. The summed E-state index contributed by atoms with van der Waals surface area (Å²) in [6.07, 6.45) is 41.1. The van der Waals surface area contributed by atoms with Gasteiger partial charge >= 0.3 is 5.97 Å². The molecule has 0 aromatic carbocycles. The van der Waals surface area contributed by atoms with Crippen molar-refractivity contribution in [2.75, 3.05) is 26.7 Å². The van der Waals surface area contributed by atoms with Gasteiger partial charge in [0.1, 0.15) is 0 Å². The number of unbranched alkanes of at least 4 members (excludes halogenated alkanes) is 5. The normalized spacial score (nSPS) is 28.1. The third-order valence-electron chi connectivity index (χ3n) is 12.7. The van der Waals surface area contributed by atoms with Gasteiger partial charge in [0.05, 0.1) is 12.1 Å². The van der Waals surface area contributed by atoms with Crippen molar-refractivity contribution in [3.05, 3.63) is 36.0 Å². The zero-order valence-electron chi connectivity index (χ0n) is 34.9. The van der Waals surface area contributed by atoms with E-state index in [4.69, 9.17) is 9.84 Å². The number of nitrogens with zero attached hydrogens (tertiary/aromatic N) is 1. The fraction of sp³-hybridized carbons (Fsp3) is 0.851. The second-order valence-electron chi connectivity index (χ2n) is 17.2. The van der Waals surface area contributed by atoms with Crippen LogP contribution in [0.4, 0.5) is 0 Å². The molecule has 1 N–H and O–H groups in total. The summed E-state index contributed by atoms with van der Waals surface area (Å²) >= 11 is 0. The lowest BCUT2D eigenvalue weighted by molar-refractivity contribution is -0.138. The Morgan fingerprint density at radius 2 is 1.51 bits per heavy atom. The number of carbonyl (C=O) groups is 1. The van der Waals surface area contributed by atoms with Gasteiger partial charge in [-0.25, -0.2) is 0 Å². The van der Waals surface area contributed by atoms with Gasteiger partial charge in [-0.15, -0.1) is 6.58 Å². The van der Waals surface area contributed by atoms with E-state index in [9.17, 15) is 4.79 Å². The number of allylic oxidation sites excluding steroid dienone is 5. The van der Waals surface area contributed by atoms with Crippen LogP contribution in [0.2, 0.25) is 0 Å². The monoisotopic (exact) mass is 712 g/mol. The summed E-state index contributed by atoms with van der Waals surface area (Å²) in [6, 6.07) is 0. The molecular formula is C47H85NO3. The predicted octanol–water partition coefficient (Wildman–Crippen LogP) is 13.9. The maximum absolute atomic E-state index is 11.1. The van der Waals surface area contributed by atoms with Crippen molar-refractivity contribution in [2.24, 2.45) is 23.2 Å². The van der Waals surface area contributed by atoms with Gasteiger partial charge in [0.2, 0.25) is 0 Å². The number of aliphatic carboxylic acids is 1. The summed E-state index contributed by atoms with van der Waals surface area (Å²) in [5.41, 5.74) is 3.83. The maximum atomic E-state index is 11.1. The number of hydrogen-bond acceptors (Lipinski definition) is 3. The summed E-state index contributed by atoms with van der Waals surface area (Å²) in [6.45, 7) is 17.7. The van der Waals surface area contributed by atoms with Crippen molar-refractivity contribution < 1.29 is 14.6 Å². The van der Waals surface area contributed by atoms with E-state index < -0.39 is 5.97 Å². The molecule has 4 heteroatoms. The Balaban J connectivity index is 2.09. The zero-order valence-corrected chi connectivity index (χ0v) is 34.9. The highest BCUT2D eigenvalue weighted by Crippen LogP contribution is 2.65. The SMILES string of the molecule is C=CCC1(CCCCC)C(=CCCCCC)C1C=C1CCCCCCCCCC(OCCCN(C)CC(=O)O)(C(C)C)CCCCCCCC1C. The molecule has 2 saturated carbocycles. The molecule has 0 aromatic rings. The van der Waals surface area contributed by atoms with E-state index in [1.165, 1.54) is 141 Å². The van der Waals surface area contributed by atoms with Crippen molar-refractivity contribution in [1.29, 1.82) is 0 Å². The minimum atomic E-state index is -0.760. The highest BCUT2D eigenvalue weighted by Gasteiger charge is 2.56. The van der Waals surface area contributed by atoms with Crippen LogP contribution in [0.3, 0.4) is 0 Å². The molecule has 0 saturated heterocycles. The molecule has 0 aromatic heterocycles. The van der Waals surface area contributed by atoms with Crippen LogP contribution < -0.4 is 0 Å². The van der Waals surface area contributed by atoms with E-state index in [1.807, 2.05) is 11.9 Å². The largest absolute Gasteiger partial charge is 0.480 e. The average molecular weight is 712 g/mol. The Labute approximate surface area is 317 Å². The molecule has 4 nitrogen and oxygen atoms in total. The maximum Gasteiger partial charge on any atom is 0.317 e. The fourth-order valence-corrected chi connectivity index (χ4v) is 9.17. The number of likely N-dealkylation sites (N-methyl/N-ethyl adjacent to an activating group) is 1. The molecule has 0 heterocycles. The molecule has 2 aliphatic carbocycles. The summed E-state index contributed by atoms with van der Waals surface area (Å²) in [4.78, 5) is 13.0. The second kappa shape index (κ2) is 26.4. The summed E-state index contributed by atoms with van der Waals surface area (Å²) < 4.78 is 6.82. The minimum absolute atomic E-state index is 0.0496. The van der Waals surface area contributed by atoms with Crippen molar-refractivity contribution in [2.45, 2.75) is 207 Å². The van der Waals surface area contributed by atoms with E-state index in [1.54, 1.807) is 11.1 Å². The van der Waals surface area contributed by atoms with Crippen molar-refractivity contribution in [3.8, 4) is 0 Å². The first-order chi connectivity index (χ1) is 24.7. The van der Waals surface area contributed by atoms with Crippen LogP contribution in [0.1, 0.15) is 202 Å². The Bertz CT molecular complexity index is 999. The van der Waals surface area contributed by atoms with Crippen LogP contribution in [-0.2, 0) is 9.53 Å². The molecule has 51 heavy (non-hydrogen) atoms. The second-order valence-corrected chi connectivity index (χ2v) is 17.2. The van der Waals surface area contributed by atoms with Gasteiger partial charge in [0, 0.05) is 24.5 Å². The van der Waals surface area contributed by atoms with Crippen LogP contribution in [0, 0.1) is 23.2 Å². The topological polar surface area (TPSA) is 49.8 Å². The molecule has 0 spiro atoms. The lowest BCUT2D eigenvalue weighted by Gasteiger charge is -2.38. The molecule has 2 rings (SSSR count). The van der Waals surface area contributed by atoms with Gasteiger partial charge in [0.25, 0.3) is 0 Å². The first kappa shape index (κ1) is 45.8. The smallest absolute Gasteiger partial charge is 0.317 e. The van der Waals surface area contributed by atoms with E-state index in [0.717, 1.165) is 38.8 Å². The molecule has 2 aliphatic rings. The number of rotatable bonds is 19. The third-order valence-corrected chi connectivity index (χ3v) is 12.7. The first-order valence-electron chi connectivity index (χ1n) is 22.2. The lowest BCUT2D eigenvalue weighted by atomic mass is 9.80. The van der Waals surface area contributed by atoms with Crippen molar-refractivity contribution in [1.82, 2.24) is 4.90 Å². The molecule has 4 unspecified atom stereocenters. The van der Waals surface area contributed by atoms with Gasteiger partial charge in [-0.05, 0) is 83.1 Å². The van der Waals surface area contributed by atoms with Crippen LogP contribution in [-0.4, -0.2) is 48.3 Å². The van der Waals surface area contributed by atoms with Crippen molar-refractivity contribution >= 4 is 5.97 Å². The molecule has 4 atom stereocenters. The Hall–Kier alpha value is -1.39. The minimum Gasteiger partial charge on any atom is -0.480 e. The Kier molecular flexibility index (Phi) is 23.7. The average Bonchev–Trinajstić information content (AvgIpc) is 3.68. The molecular weight excluding hydrogens is 627 g/mol. The number of ether oxygens (including phenoxy) is 1. The van der Waals surface area contributed by atoms with Gasteiger partial charge in [-0.2, -0.15) is 0 Å². The number of carboxylic acid groups (broad SMARTS) is 1. The van der Waals surface area contributed by atoms with E-state index >= 15 is 0 Å². The molecule has 0 radical (unpaired) electrons. The molecule has 296 valence electrons. The summed E-state index contributed by atoms with van der Waals surface area (Å²) in [7, 11) is 1.89. The quantitative estimate of drug-likeness (QED) is 0.107. The van der Waals surface area contributed by atoms with Gasteiger partial charge in [-0.1, -0.05) is 167 Å². The molecule has 0 aliphatic heterocycles. The van der Waals surface area contributed by atoms with Crippen LogP contribution >= 0.6 is 0 Å². The number of hydrogen-bond donors (Lipinski definition) is 1. The van der Waals surface area contributed by atoms with Crippen LogP contribution in [0.5, 0.6) is 0 Å². The van der Waals surface area contributed by atoms with E-state index in [0.29, 0.717) is 23.2 Å². The van der Waals surface area contributed by atoms with Crippen LogP contribution in [0.15, 0.2) is 36.0 Å². The Morgan fingerprint density at radius 3 is 2.12 bits per heavy atom. The summed E-state index contributed by atoms with van der Waals surface area (Å²) in [5.74, 6) is 1.05. The highest BCUT2D eigenvalue weighted by atomic mass is 16.5.